The molecule has 0 atom stereocenters. The summed E-state index contributed by atoms with van der Waals surface area (Å²) in [5.74, 6) is -1.32. The van der Waals surface area contributed by atoms with E-state index >= 15 is 0 Å². The Morgan fingerprint density at radius 1 is 1.20 bits per heavy atom. The van der Waals surface area contributed by atoms with Crippen LogP contribution >= 0.6 is 0 Å². The molecule has 0 unspecified atom stereocenters. The van der Waals surface area contributed by atoms with E-state index in [1.54, 1.807) is 17.1 Å². The molecule has 2 N–H and O–H groups in total. The van der Waals surface area contributed by atoms with Crippen LogP contribution in [-0.2, 0) is 0 Å². The number of hydrogen-bond donors (Lipinski definition) is 2. The number of benzene rings is 1. The first kappa shape index (κ1) is 13.8. The molecule has 2 rings (SSSR count). The van der Waals surface area contributed by atoms with Crippen molar-refractivity contribution in [3.63, 3.8) is 0 Å². The SMILES string of the molecule is CC(C)n1cc(NC(=O)c2ccc(C(=O)O)cc2)cn1. The predicted molar refractivity (Wildman–Crippen MR) is 74.0 cm³/mol. The minimum atomic E-state index is -1.02. The topological polar surface area (TPSA) is 84.2 Å². The van der Waals surface area contributed by atoms with Crippen molar-refractivity contribution >= 4 is 17.6 Å². The molecule has 0 saturated carbocycles. The van der Waals surface area contributed by atoms with Crippen LogP contribution in [0.1, 0.15) is 40.6 Å². The first-order valence-electron chi connectivity index (χ1n) is 6.16. The van der Waals surface area contributed by atoms with E-state index in [9.17, 15) is 9.59 Å². The molecular formula is C14H15N3O3. The highest BCUT2D eigenvalue weighted by Crippen LogP contribution is 2.12. The second kappa shape index (κ2) is 5.56. The summed E-state index contributed by atoms with van der Waals surface area (Å²) in [4.78, 5) is 22.7. The Morgan fingerprint density at radius 2 is 1.80 bits per heavy atom. The quantitative estimate of drug-likeness (QED) is 0.896. The summed E-state index contributed by atoms with van der Waals surface area (Å²) in [5, 5.41) is 15.6. The molecule has 1 aromatic heterocycles. The maximum absolute atomic E-state index is 12.0. The zero-order valence-electron chi connectivity index (χ0n) is 11.2. The van der Waals surface area contributed by atoms with Crippen LogP contribution in [0.2, 0.25) is 0 Å². The highest BCUT2D eigenvalue weighted by Gasteiger charge is 2.09. The van der Waals surface area contributed by atoms with Crippen molar-refractivity contribution < 1.29 is 14.7 Å². The van der Waals surface area contributed by atoms with Crippen LogP contribution in [0.5, 0.6) is 0 Å². The number of aromatic nitrogens is 2. The zero-order valence-corrected chi connectivity index (χ0v) is 11.2. The number of carboxylic acid groups (broad SMARTS) is 1. The molecule has 0 bridgehead atoms. The Kier molecular flexibility index (Phi) is 3.84. The van der Waals surface area contributed by atoms with Gasteiger partial charge in [0.15, 0.2) is 0 Å². The van der Waals surface area contributed by atoms with Crippen LogP contribution in [0.25, 0.3) is 0 Å². The Morgan fingerprint density at radius 3 is 2.30 bits per heavy atom. The zero-order chi connectivity index (χ0) is 14.7. The van der Waals surface area contributed by atoms with Crippen molar-refractivity contribution in [3.8, 4) is 0 Å². The first-order valence-corrected chi connectivity index (χ1v) is 6.16. The van der Waals surface area contributed by atoms with Gasteiger partial charge in [-0.3, -0.25) is 9.48 Å². The Balaban J connectivity index is 2.09. The van der Waals surface area contributed by atoms with Gasteiger partial charge in [0, 0.05) is 17.8 Å². The number of rotatable bonds is 4. The lowest BCUT2D eigenvalue weighted by Crippen LogP contribution is -2.11. The number of amides is 1. The fourth-order valence-corrected chi connectivity index (χ4v) is 1.65. The molecule has 2 aromatic rings. The molecule has 20 heavy (non-hydrogen) atoms. The van der Waals surface area contributed by atoms with Crippen molar-refractivity contribution in [1.29, 1.82) is 0 Å². The second-order valence-corrected chi connectivity index (χ2v) is 4.64. The highest BCUT2D eigenvalue weighted by molar-refractivity contribution is 6.04. The summed E-state index contributed by atoms with van der Waals surface area (Å²) in [6.07, 6.45) is 3.32. The second-order valence-electron chi connectivity index (χ2n) is 4.64. The molecule has 6 nitrogen and oxygen atoms in total. The third kappa shape index (κ3) is 3.03. The Hall–Kier alpha value is -2.63. The van der Waals surface area contributed by atoms with E-state index in [0.717, 1.165) is 0 Å². The number of carboxylic acids is 1. The van der Waals surface area contributed by atoms with Gasteiger partial charge in [0.05, 0.1) is 17.4 Å². The summed E-state index contributed by atoms with van der Waals surface area (Å²) in [7, 11) is 0. The number of anilines is 1. The van der Waals surface area contributed by atoms with Gasteiger partial charge < -0.3 is 10.4 Å². The van der Waals surface area contributed by atoms with Crippen LogP contribution < -0.4 is 5.32 Å². The van der Waals surface area contributed by atoms with Gasteiger partial charge in [-0.1, -0.05) is 0 Å². The van der Waals surface area contributed by atoms with Crippen LogP contribution in [0.3, 0.4) is 0 Å². The molecule has 1 heterocycles. The number of carbonyl (C=O) groups is 2. The molecule has 0 aliphatic rings. The van der Waals surface area contributed by atoms with Gasteiger partial charge in [-0.05, 0) is 38.1 Å². The minimum absolute atomic E-state index is 0.147. The van der Waals surface area contributed by atoms with E-state index in [1.165, 1.54) is 24.3 Å². The summed E-state index contributed by atoms with van der Waals surface area (Å²) in [5.41, 5.74) is 1.15. The maximum Gasteiger partial charge on any atom is 0.335 e. The first-order chi connectivity index (χ1) is 9.47. The van der Waals surface area contributed by atoms with Gasteiger partial charge in [-0.15, -0.1) is 0 Å². The average Bonchev–Trinajstić information content (AvgIpc) is 2.87. The van der Waals surface area contributed by atoms with E-state index < -0.39 is 5.97 Å². The van der Waals surface area contributed by atoms with E-state index in [2.05, 4.69) is 10.4 Å². The molecule has 0 fully saturated rings. The third-order valence-electron chi connectivity index (χ3n) is 2.78. The van der Waals surface area contributed by atoms with Crippen LogP contribution in [0, 0.1) is 0 Å². The molecule has 0 aliphatic carbocycles. The Bertz CT molecular complexity index is 629. The summed E-state index contributed by atoms with van der Waals surface area (Å²) >= 11 is 0. The lowest BCUT2D eigenvalue weighted by atomic mass is 10.1. The summed E-state index contributed by atoms with van der Waals surface area (Å²) < 4.78 is 1.74. The maximum atomic E-state index is 12.0. The van der Waals surface area contributed by atoms with Crippen molar-refractivity contribution in [2.75, 3.05) is 5.32 Å². The largest absolute Gasteiger partial charge is 0.478 e. The molecule has 1 aromatic carbocycles. The fraction of sp³-hybridized carbons (Fsp3) is 0.214. The predicted octanol–water partition coefficient (Wildman–Crippen LogP) is 2.41. The number of carbonyl (C=O) groups excluding carboxylic acids is 1. The van der Waals surface area contributed by atoms with E-state index in [0.29, 0.717) is 11.3 Å². The van der Waals surface area contributed by atoms with Crippen molar-refractivity contribution in [2.24, 2.45) is 0 Å². The van der Waals surface area contributed by atoms with Crippen molar-refractivity contribution in [3.05, 3.63) is 47.8 Å². The lowest BCUT2D eigenvalue weighted by Gasteiger charge is -2.04. The summed E-state index contributed by atoms with van der Waals surface area (Å²) in [6.45, 7) is 3.98. The van der Waals surface area contributed by atoms with Crippen LogP contribution in [0.15, 0.2) is 36.7 Å². The summed E-state index contributed by atoms with van der Waals surface area (Å²) in [6, 6.07) is 5.97. The minimum Gasteiger partial charge on any atom is -0.478 e. The highest BCUT2D eigenvalue weighted by atomic mass is 16.4. The standard InChI is InChI=1S/C14H15N3O3/c1-9(2)17-8-12(7-15-17)16-13(18)10-3-5-11(6-4-10)14(19)20/h3-9H,1-2H3,(H,16,18)(H,19,20). The van der Waals surface area contributed by atoms with Crippen molar-refractivity contribution in [2.45, 2.75) is 19.9 Å². The van der Waals surface area contributed by atoms with E-state index in [-0.39, 0.29) is 17.5 Å². The molecule has 0 aliphatic heterocycles. The fourth-order valence-electron chi connectivity index (χ4n) is 1.65. The normalized spacial score (nSPS) is 10.6. The molecule has 0 spiro atoms. The number of nitrogens with one attached hydrogen (secondary N) is 1. The van der Waals surface area contributed by atoms with E-state index in [4.69, 9.17) is 5.11 Å². The number of hydrogen-bond acceptors (Lipinski definition) is 3. The van der Waals surface area contributed by atoms with Gasteiger partial charge in [0.25, 0.3) is 5.91 Å². The molecule has 1 amide bonds. The molecular weight excluding hydrogens is 258 g/mol. The van der Waals surface area contributed by atoms with Gasteiger partial charge in [0.2, 0.25) is 0 Å². The van der Waals surface area contributed by atoms with Crippen molar-refractivity contribution in [1.82, 2.24) is 9.78 Å². The van der Waals surface area contributed by atoms with Gasteiger partial charge in [-0.25, -0.2) is 4.79 Å². The lowest BCUT2D eigenvalue weighted by molar-refractivity contribution is 0.0696. The smallest absolute Gasteiger partial charge is 0.335 e. The monoisotopic (exact) mass is 273 g/mol. The Labute approximate surface area is 116 Å². The molecule has 104 valence electrons. The van der Waals surface area contributed by atoms with E-state index in [1.807, 2.05) is 13.8 Å². The van der Waals surface area contributed by atoms with Gasteiger partial charge in [-0.2, -0.15) is 5.10 Å². The van der Waals surface area contributed by atoms with Crippen LogP contribution in [-0.4, -0.2) is 26.8 Å². The molecule has 6 heteroatoms. The number of nitrogens with zero attached hydrogens (tertiary/aromatic N) is 2. The average molecular weight is 273 g/mol. The van der Waals surface area contributed by atoms with Gasteiger partial charge >= 0.3 is 5.97 Å². The molecule has 0 saturated heterocycles. The number of aromatic carboxylic acids is 1. The third-order valence-corrected chi connectivity index (χ3v) is 2.78. The van der Waals surface area contributed by atoms with Gasteiger partial charge in [0.1, 0.15) is 0 Å². The molecule has 0 radical (unpaired) electrons. The van der Waals surface area contributed by atoms with Crippen LogP contribution in [0.4, 0.5) is 5.69 Å².